The standard InChI is InChI=1S/C15H26N2O2/c1-14(2,3)12-11(7-9-16)8-10-17(12)13(18)19-15(4,5)6/h11-12H,7-8,10H2,1-6H3/t11?,12-/m1/s1. The Morgan fingerprint density at radius 2 is 1.89 bits per heavy atom. The van der Waals surface area contributed by atoms with Crippen LogP contribution in [0, 0.1) is 22.7 Å². The summed E-state index contributed by atoms with van der Waals surface area (Å²) in [5.74, 6) is 0.248. The van der Waals surface area contributed by atoms with Gasteiger partial charge in [-0.05, 0) is 38.5 Å². The summed E-state index contributed by atoms with van der Waals surface area (Å²) in [5, 5.41) is 8.94. The molecule has 19 heavy (non-hydrogen) atoms. The maximum Gasteiger partial charge on any atom is 0.410 e. The second kappa shape index (κ2) is 5.40. The van der Waals surface area contributed by atoms with Crippen LogP contribution in [0.5, 0.6) is 0 Å². The Morgan fingerprint density at radius 1 is 1.32 bits per heavy atom. The van der Waals surface area contributed by atoms with Gasteiger partial charge in [0.15, 0.2) is 0 Å². The van der Waals surface area contributed by atoms with E-state index in [1.807, 2.05) is 25.7 Å². The maximum absolute atomic E-state index is 12.3. The fourth-order valence-corrected chi connectivity index (χ4v) is 2.89. The molecule has 0 bridgehead atoms. The average molecular weight is 266 g/mol. The molecule has 0 aliphatic carbocycles. The number of carbonyl (C=O) groups is 1. The highest BCUT2D eigenvalue weighted by Gasteiger charge is 2.44. The number of likely N-dealkylation sites (tertiary alicyclic amines) is 1. The van der Waals surface area contributed by atoms with Gasteiger partial charge < -0.3 is 9.64 Å². The molecule has 1 rings (SSSR count). The molecule has 0 aromatic rings. The van der Waals surface area contributed by atoms with Crippen LogP contribution in [0.15, 0.2) is 0 Å². The maximum atomic E-state index is 12.3. The molecule has 4 heteroatoms. The number of amides is 1. The third kappa shape index (κ3) is 4.12. The van der Waals surface area contributed by atoms with Gasteiger partial charge in [0, 0.05) is 19.0 Å². The Balaban J connectivity index is 2.89. The molecule has 0 aromatic heterocycles. The molecule has 1 saturated heterocycles. The van der Waals surface area contributed by atoms with Gasteiger partial charge in [0.2, 0.25) is 0 Å². The van der Waals surface area contributed by atoms with Crippen molar-refractivity contribution < 1.29 is 9.53 Å². The molecule has 4 nitrogen and oxygen atoms in total. The van der Waals surface area contributed by atoms with Crippen LogP contribution >= 0.6 is 0 Å². The van der Waals surface area contributed by atoms with Crippen molar-refractivity contribution in [2.24, 2.45) is 11.3 Å². The van der Waals surface area contributed by atoms with Crippen LogP contribution < -0.4 is 0 Å². The molecule has 1 aliphatic heterocycles. The molecule has 0 N–H and O–H groups in total. The van der Waals surface area contributed by atoms with Gasteiger partial charge in [-0.3, -0.25) is 0 Å². The van der Waals surface area contributed by atoms with Gasteiger partial charge in [-0.1, -0.05) is 20.8 Å². The number of rotatable bonds is 1. The lowest BCUT2D eigenvalue weighted by molar-refractivity contribution is 0.00796. The van der Waals surface area contributed by atoms with Crippen LogP contribution in [-0.4, -0.2) is 29.2 Å². The lowest BCUT2D eigenvalue weighted by Crippen LogP contribution is -2.47. The highest BCUT2D eigenvalue weighted by molar-refractivity contribution is 5.69. The summed E-state index contributed by atoms with van der Waals surface area (Å²) in [5.41, 5.74) is -0.526. The highest BCUT2D eigenvalue weighted by Crippen LogP contribution is 2.39. The number of hydrogen-bond acceptors (Lipinski definition) is 3. The van der Waals surface area contributed by atoms with E-state index in [1.165, 1.54) is 0 Å². The topological polar surface area (TPSA) is 53.3 Å². The van der Waals surface area contributed by atoms with Crippen molar-refractivity contribution >= 4 is 6.09 Å². The first-order valence-electron chi connectivity index (χ1n) is 6.93. The van der Waals surface area contributed by atoms with Crippen LogP contribution in [0.1, 0.15) is 54.4 Å². The quantitative estimate of drug-likeness (QED) is 0.729. The Labute approximate surface area is 116 Å². The summed E-state index contributed by atoms with van der Waals surface area (Å²) >= 11 is 0. The minimum atomic E-state index is -0.479. The number of ether oxygens (including phenoxy) is 1. The van der Waals surface area contributed by atoms with Gasteiger partial charge in [0.25, 0.3) is 0 Å². The van der Waals surface area contributed by atoms with E-state index in [4.69, 9.17) is 10.00 Å². The molecule has 2 atom stereocenters. The van der Waals surface area contributed by atoms with E-state index in [-0.39, 0.29) is 23.5 Å². The molecule has 1 aliphatic rings. The molecule has 1 unspecified atom stereocenters. The molecular weight excluding hydrogens is 240 g/mol. The molecule has 0 spiro atoms. The number of carbonyl (C=O) groups excluding carboxylic acids is 1. The summed E-state index contributed by atoms with van der Waals surface area (Å²) in [6, 6.07) is 2.31. The fourth-order valence-electron chi connectivity index (χ4n) is 2.89. The predicted molar refractivity (Wildman–Crippen MR) is 74.5 cm³/mol. The highest BCUT2D eigenvalue weighted by atomic mass is 16.6. The van der Waals surface area contributed by atoms with Crippen LogP contribution in [0.25, 0.3) is 0 Å². The minimum absolute atomic E-state index is 0.0467. The van der Waals surface area contributed by atoms with E-state index in [2.05, 4.69) is 26.8 Å². The molecule has 0 radical (unpaired) electrons. The van der Waals surface area contributed by atoms with E-state index < -0.39 is 5.60 Å². The summed E-state index contributed by atoms with van der Waals surface area (Å²) in [6.07, 6.45) is 1.13. The van der Waals surface area contributed by atoms with Gasteiger partial charge in [0.1, 0.15) is 5.60 Å². The van der Waals surface area contributed by atoms with Crippen LogP contribution in [-0.2, 0) is 4.74 Å². The van der Waals surface area contributed by atoms with E-state index >= 15 is 0 Å². The van der Waals surface area contributed by atoms with E-state index in [9.17, 15) is 4.79 Å². The zero-order valence-electron chi connectivity index (χ0n) is 13.0. The fraction of sp³-hybridized carbons (Fsp3) is 0.867. The summed E-state index contributed by atoms with van der Waals surface area (Å²) in [6.45, 7) is 12.7. The lowest BCUT2D eigenvalue weighted by Gasteiger charge is -2.38. The molecule has 0 saturated carbocycles. The van der Waals surface area contributed by atoms with Crippen LogP contribution in [0.4, 0.5) is 4.79 Å². The minimum Gasteiger partial charge on any atom is -0.444 e. The second-order valence-electron chi connectivity index (χ2n) is 7.40. The van der Waals surface area contributed by atoms with Gasteiger partial charge in [-0.15, -0.1) is 0 Å². The molecule has 1 fully saturated rings. The normalized spacial score (nSPS) is 24.2. The lowest BCUT2D eigenvalue weighted by atomic mass is 9.78. The first kappa shape index (κ1) is 15.8. The van der Waals surface area contributed by atoms with Gasteiger partial charge in [-0.2, -0.15) is 5.26 Å². The van der Waals surface area contributed by atoms with Crippen LogP contribution in [0.3, 0.4) is 0 Å². The second-order valence-corrected chi connectivity index (χ2v) is 7.40. The molecule has 1 heterocycles. The smallest absolute Gasteiger partial charge is 0.410 e. The zero-order chi connectivity index (χ0) is 14.8. The number of nitrogens with zero attached hydrogens (tertiary/aromatic N) is 2. The van der Waals surface area contributed by atoms with E-state index in [1.54, 1.807) is 0 Å². The van der Waals surface area contributed by atoms with Crippen molar-refractivity contribution in [2.75, 3.05) is 6.54 Å². The Kier molecular flexibility index (Phi) is 4.50. The van der Waals surface area contributed by atoms with Gasteiger partial charge in [-0.25, -0.2) is 4.79 Å². The first-order chi connectivity index (χ1) is 8.56. The Bertz CT molecular complexity index is 371. The van der Waals surface area contributed by atoms with Gasteiger partial charge in [0.05, 0.1) is 6.07 Å². The summed E-state index contributed by atoms with van der Waals surface area (Å²) in [7, 11) is 0. The van der Waals surface area contributed by atoms with Crippen molar-refractivity contribution in [3.8, 4) is 6.07 Å². The Hall–Kier alpha value is -1.24. The molecular formula is C15H26N2O2. The predicted octanol–water partition coefficient (Wildman–Crippen LogP) is 3.57. The molecule has 1 amide bonds. The first-order valence-corrected chi connectivity index (χ1v) is 6.93. The third-order valence-electron chi connectivity index (χ3n) is 3.39. The summed E-state index contributed by atoms with van der Waals surface area (Å²) in [4.78, 5) is 14.1. The number of hydrogen-bond donors (Lipinski definition) is 0. The molecule has 108 valence electrons. The van der Waals surface area contributed by atoms with Crippen molar-refractivity contribution in [1.82, 2.24) is 4.90 Å². The van der Waals surface area contributed by atoms with Crippen molar-refractivity contribution in [2.45, 2.75) is 66.0 Å². The van der Waals surface area contributed by atoms with Crippen LogP contribution in [0.2, 0.25) is 0 Å². The van der Waals surface area contributed by atoms with Crippen molar-refractivity contribution in [3.63, 3.8) is 0 Å². The number of nitriles is 1. The van der Waals surface area contributed by atoms with Crippen molar-refractivity contribution in [3.05, 3.63) is 0 Å². The van der Waals surface area contributed by atoms with Gasteiger partial charge >= 0.3 is 6.09 Å². The largest absolute Gasteiger partial charge is 0.444 e. The zero-order valence-corrected chi connectivity index (χ0v) is 13.0. The monoisotopic (exact) mass is 266 g/mol. The van der Waals surface area contributed by atoms with Crippen molar-refractivity contribution in [1.29, 1.82) is 5.26 Å². The third-order valence-corrected chi connectivity index (χ3v) is 3.39. The van der Waals surface area contributed by atoms with E-state index in [0.717, 1.165) is 6.42 Å². The Morgan fingerprint density at radius 3 is 2.32 bits per heavy atom. The van der Waals surface area contributed by atoms with E-state index in [0.29, 0.717) is 13.0 Å². The summed E-state index contributed by atoms with van der Waals surface area (Å²) < 4.78 is 5.48. The SMILES string of the molecule is CC(C)(C)OC(=O)N1CCC(CC#N)[C@@H]1C(C)(C)C. The molecule has 0 aromatic carbocycles. The average Bonchev–Trinajstić information content (AvgIpc) is 2.58.